The molecular weight excluding hydrogens is 462 g/mol. The standard InChI is InChI=1S/C22H25N5O4S2/c1-22(2,3)31-21(28)26-10-6-7-13(26)12-29-15-8-5-9-16-17(15)24-18(30-16)14-11-23-19-27(14)25-20(32-4)33-19/h5,8-9,11,13H,6-7,10,12H2,1-4H3. The zero-order chi connectivity index (χ0) is 23.2. The van der Waals surface area contributed by atoms with Crippen molar-refractivity contribution in [1.82, 2.24) is 24.5 Å². The molecular formula is C22H25N5O4S2. The quantitative estimate of drug-likeness (QED) is 0.359. The Labute approximate surface area is 199 Å². The number of benzene rings is 1. The number of carbonyl (C=O) groups is 1. The smallest absolute Gasteiger partial charge is 0.410 e. The fourth-order valence-electron chi connectivity index (χ4n) is 3.81. The normalized spacial score (nSPS) is 16.7. The Hall–Kier alpha value is -2.79. The van der Waals surface area contributed by atoms with Crippen molar-refractivity contribution in [2.45, 2.75) is 49.6 Å². The van der Waals surface area contributed by atoms with Gasteiger partial charge in [0.25, 0.3) is 0 Å². The molecule has 0 bridgehead atoms. The summed E-state index contributed by atoms with van der Waals surface area (Å²) < 4.78 is 20.4. The lowest BCUT2D eigenvalue weighted by molar-refractivity contribution is 0.0188. The van der Waals surface area contributed by atoms with Gasteiger partial charge in [-0.25, -0.2) is 14.8 Å². The molecule has 0 saturated carbocycles. The minimum absolute atomic E-state index is 0.0455. The molecule has 1 aromatic carbocycles. The van der Waals surface area contributed by atoms with Crippen LogP contribution in [0.25, 0.3) is 27.6 Å². The third-order valence-corrected chi connectivity index (χ3v) is 7.18. The van der Waals surface area contributed by atoms with Crippen molar-refractivity contribution in [3.63, 3.8) is 0 Å². The molecule has 1 atom stereocenters. The van der Waals surface area contributed by atoms with E-state index >= 15 is 0 Å². The van der Waals surface area contributed by atoms with Crippen LogP contribution in [-0.4, -0.2) is 61.6 Å². The number of amides is 1. The fraction of sp³-hybridized carbons (Fsp3) is 0.455. The van der Waals surface area contributed by atoms with E-state index in [-0.39, 0.29) is 12.1 Å². The Morgan fingerprint density at radius 3 is 3.00 bits per heavy atom. The molecule has 3 aromatic heterocycles. The number of aromatic nitrogens is 4. The lowest BCUT2D eigenvalue weighted by Gasteiger charge is -2.28. The van der Waals surface area contributed by atoms with Gasteiger partial charge >= 0.3 is 6.09 Å². The second kappa shape index (κ2) is 8.53. The van der Waals surface area contributed by atoms with Gasteiger partial charge in [0.2, 0.25) is 10.9 Å². The van der Waals surface area contributed by atoms with Crippen molar-refractivity contribution in [3.05, 3.63) is 24.4 Å². The molecule has 0 spiro atoms. The zero-order valence-electron chi connectivity index (χ0n) is 18.9. The highest BCUT2D eigenvalue weighted by Gasteiger charge is 2.32. The van der Waals surface area contributed by atoms with Gasteiger partial charge in [-0.1, -0.05) is 29.2 Å². The molecule has 0 radical (unpaired) electrons. The summed E-state index contributed by atoms with van der Waals surface area (Å²) in [6.07, 6.45) is 5.19. The number of thioether (sulfide) groups is 1. The van der Waals surface area contributed by atoms with Crippen molar-refractivity contribution in [1.29, 1.82) is 0 Å². The van der Waals surface area contributed by atoms with E-state index in [2.05, 4.69) is 15.1 Å². The van der Waals surface area contributed by atoms with Gasteiger partial charge in [-0.2, -0.15) is 4.52 Å². The van der Waals surface area contributed by atoms with Gasteiger partial charge in [-0.05, 0) is 52.0 Å². The zero-order valence-corrected chi connectivity index (χ0v) is 20.5. The molecule has 5 rings (SSSR count). The van der Waals surface area contributed by atoms with Crippen LogP contribution >= 0.6 is 23.1 Å². The average Bonchev–Trinajstić information content (AvgIpc) is 3.52. The molecule has 11 heteroatoms. The Kier molecular flexibility index (Phi) is 5.69. The van der Waals surface area contributed by atoms with Crippen LogP contribution in [0.3, 0.4) is 0 Å². The summed E-state index contributed by atoms with van der Waals surface area (Å²) in [7, 11) is 0. The molecule has 1 unspecified atom stereocenters. The summed E-state index contributed by atoms with van der Waals surface area (Å²) in [4.78, 5) is 24.2. The summed E-state index contributed by atoms with van der Waals surface area (Å²) >= 11 is 3.09. The lowest BCUT2D eigenvalue weighted by atomic mass is 10.2. The van der Waals surface area contributed by atoms with Gasteiger partial charge in [0.05, 0.1) is 12.2 Å². The van der Waals surface area contributed by atoms with Crippen molar-refractivity contribution in [3.8, 4) is 17.3 Å². The van der Waals surface area contributed by atoms with E-state index in [1.54, 1.807) is 27.4 Å². The van der Waals surface area contributed by atoms with E-state index in [0.29, 0.717) is 41.6 Å². The largest absolute Gasteiger partial charge is 0.489 e. The molecule has 0 aliphatic carbocycles. The maximum atomic E-state index is 12.6. The second-order valence-corrected chi connectivity index (χ2v) is 10.8. The number of imidazole rings is 1. The van der Waals surface area contributed by atoms with Crippen LogP contribution in [0.2, 0.25) is 0 Å². The van der Waals surface area contributed by atoms with Crippen LogP contribution < -0.4 is 4.74 Å². The molecule has 4 aromatic rings. The molecule has 1 amide bonds. The molecule has 1 aliphatic heterocycles. The summed E-state index contributed by atoms with van der Waals surface area (Å²) in [6.45, 7) is 6.65. The first kappa shape index (κ1) is 22.0. The number of oxazole rings is 1. The first-order valence-electron chi connectivity index (χ1n) is 10.7. The number of nitrogens with zero attached hydrogens (tertiary/aromatic N) is 5. The first-order valence-corrected chi connectivity index (χ1v) is 12.8. The van der Waals surface area contributed by atoms with Crippen molar-refractivity contribution < 1.29 is 18.7 Å². The van der Waals surface area contributed by atoms with E-state index in [1.807, 2.05) is 45.2 Å². The number of para-hydroxylation sites is 1. The number of ether oxygens (including phenoxy) is 2. The first-order chi connectivity index (χ1) is 15.8. The third kappa shape index (κ3) is 4.39. The fourth-order valence-corrected chi connectivity index (χ4v) is 5.14. The van der Waals surface area contributed by atoms with Crippen molar-refractivity contribution in [2.75, 3.05) is 19.4 Å². The highest BCUT2D eigenvalue weighted by molar-refractivity contribution is 8.00. The SMILES string of the molecule is CSc1nn2c(-c3nc4c(OCC5CCCN5C(=O)OC(C)(C)C)cccc4o3)cnc2s1. The Morgan fingerprint density at radius 1 is 1.36 bits per heavy atom. The summed E-state index contributed by atoms with van der Waals surface area (Å²) in [5, 5.41) is 4.55. The van der Waals surface area contributed by atoms with E-state index < -0.39 is 5.60 Å². The number of fused-ring (bicyclic) bond motifs is 2. The summed E-state index contributed by atoms with van der Waals surface area (Å²) in [5.41, 5.74) is 1.41. The highest BCUT2D eigenvalue weighted by Crippen LogP contribution is 2.33. The molecule has 9 nitrogen and oxygen atoms in total. The summed E-state index contributed by atoms with van der Waals surface area (Å²) in [5.74, 6) is 1.05. The van der Waals surface area contributed by atoms with E-state index in [0.717, 1.165) is 22.1 Å². The van der Waals surface area contributed by atoms with Crippen LogP contribution in [0.1, 0.15) is 33.6 Å². The predicted molar refractivity (Wildman–Crippen MR) is 127 cm³/mol. The van der Waals surface area contributed by atoms with Crippen molar-refractivity contribution >= 4 is 45.3 Å². The van der Waals surface area contributed by atoms with E-state index in [9.17, 15) is 4.79 Å². The number of likely N-dealkylation sites (tertiary alicyclic amines) is 1. The van der Waals surface area contributed by atoms with Crippen LogP contribution in [-0.2, 0) is 4.74 Å². The molecule has 1 saturated heterocycles. The third-order valence-electron chi connectivity index (χ3n) is 5.28. The van der Waals surface area contributed by atoms with Gasteiger partial charge < -0.3 is 18.8 Å². The van der Waals surface area contributed by atoms with Crippen molar-refractivity contribution in [2.24, 2.45) is 0 Å². The molecule has 0 N–H and O–H groups in total. The average molecular weight is 488 g/mol. The van der Waals surface area contributed by atoms with Gasteiger partial charge in [0, 0.05) is 6.54 Å². The molecule has 1 fully saturated rings. The topological polar surface area (TPSA) is 95.0 Å². The monoisotopic (exact) mass is 487 g/mol. The molecule has 1 aliphatic rings. The number of carbonyl (C=O) groups excluding carboxylic acids is 1. The van der Waals surface area contributed by atoms with Crippen LogP contribution in [0, 0.1) is 0 Å². The minimum atomic E-state index is -0.527. The van der Waals surface area contributed by atoms with Crippen LogP contribution in [0.4, 0.5) is 4.79 Å². The molecule has 174 valence electrons. The van der Waals surface area contributed by atoms with E-state index in [1.165, 1.54) is 11.3 Å². The molecule has 4 heterocycles. The number of rotatable bonds is 5. The maximum absolute atomic E-state index is 12.6. The van der Waals surface area contributed by atoms with Crippen LogP contribution in [0.5, 0.6) is 5.75 Å². The Balaban J connectivity index is 1.36. The number of hydrogen-bond donors (Lipinski definition) is 0. The van der Waals surface area contributed by atoms with Gasteiger partial charge in [0.15, 0.2) is 15.4 Å². The van der Waals surface area contributed by atoms with Gasteiger partial charge in [0.1, 0.15) is 23.7 Å². The van der Waals surface area contributed by atoms with Crippen LogP contribution in [0.15, 0.2) is 33.2 Å². The Bertz CT molecular complexity index is 1310. The highest BCUT2D eigenvalue weighted by atomic mass is 32.2. The van der Waals surface area contributed by atoms with Gasteiger partial charge in [-0.15, -0.1) is 5.10 Å². The Morgan fingerprint density at radius 2 is 2.21 bits per heavy atom. The number of hydrogen-bond acceptors (Lipinski definition) is 9. The minimum Gasteiger partial charge on any atom is -0.489 e. The summed E-state index contributed by atoms with van der Waals surface area (Å²) in [6, 6.07) is 5.54. The molecule has 33 heavy (non-hydrogen) atoms. The lowest BCUT2D eigenvalue weighted by Crippen LogP contribution is -2.42. The predicted octanol–water partition coefficient (Wildman–Crippen LogP) is 5.10. The second-order valence-electron chi connectivity index (χ2n) is 8.81. The van der Waals surface area contributed by atoms with Gasteiger partial charge in [-0.3, -0.25) is 0 Å². The van der Waals surface area contributed by atoms with E-state index in [4.69, 9.17) is 13.9 Å². The maximum Gasteiger partial charge on any atom is 0.410 e.